The summed E-state index contributed by atoms with van der Waals surface area (Å²) in [5.74, 6) is 1.42. The zero-order valence-corrected chi connectivity index (χ0v) is 11.0. The maximum atomic E-state index is 11.6. The molecule has 0 unspecified atom stereocenters. The van der Waals surface area contributed by atoms with Crippen molar-refractivity contribution in [1.29, 1.82) is 0 Å². The van der Waals surface area contributed by atoms with Crippen molar-refractivity contribution in [3.8, 4) is 0 Å². The first kappa shape index (κ1) is 13.3. The first-order chi connectivity index (χ1) is 7.77. The van der Waals surface area contributed by atoms with Gasteiger partial charge in [0.2, 0.25) is 0 Å². The molecule has 0 amide bonds. The number of benzene rings is 1. The standard InChI is InChI=1S/C14H20OS/c1-3-5-11-16-13-9-7-12(8-10-13)14(15)6-4-2/h7-10H,3-6,11H2,1-2H3. The van der Waals surface area contributed by atoms with E-state index in [9.17, 15) is 4.79 Å². The Morgan fingerprint density at radius 1 is 1.12 bits per heavy atom. The number of hydrogen-bond donors (Lipinski definition) is 0. The fourth-order valence-corrected chi connectivity index (χ4v) is 2.44. The van der Waals surface area contributed by atoms with E-state index < -0.39 is 0 Å². The van der Waals surface area contributed by atoms with Gasteiger partial charge in [0.15, 0.2) is 5.78 Å². The van der Waals surface area contributed by atoms with E-state index in [4.69, 9.17) is 0 Å². The summed E-state index contributed by atoms with van der Waals surface area (Å²) in [5, 5.41) is 0. The molecule has 1 aromatic rings. The summed E-state index contributed by atoms with van der Waals surface area (Å²) in [6, 6.07) is 8.02. The maximum absolute atomic E-state index is 11.6. The Kier molecular flexibility index (Phi) is 6.24. The normalized spacial score (nSPS) is 10.4. The number of hydrogen-bond acceptors (Lipinski definition) is 2. The SMILES string of the molecule is CCCCSc1ccc(C(=O)CCC)cc1. The van der Waals surface area contributed by atoms with Gasteiger partial charge in [0.05, 0.1) is 0 Å². The molecule has 1 aromatic carbocycles. The first-order valence-electron chi connectivity index (χ1n) is 6.04. The smallest absolute Gasteiger partial charge is 0.162 e. The van der Waals surface area contributed by atoms with Crippen molar-refractivity contribution in [3.63, 3.8) is 0 Å². The Morgan fingerprint density at radius 3 is 2.38 bits per heavy atom. The number of Topliss-reactive ketones (excluding diaryl/α,β-unsaturated/α-hetero) is 1. The van der Waals surface area contributed by atoms with Crippen molar-refractivity contribution in [1.82, 2.24) is 0 Å². The van der Waals surface area contributed by atoms with Crippen LogP contribution >= 0.6 is 11.8 Å². The third-order valence-corrected chi connectivity index (χ3v) is 3.52. The van der Waals surface area contributed by atoms with Crippen LogP contribution in [-0.4, -0.2) is 11.5 Å². The van der Waals surface area contributed by atoms with Gasteiger partial charge in [-0.1, -0.05) is 32.4 Å². The Bertz CT molecular complexity index is 316. The highest BCUT2D eigenvalue weighted by Gasteiger charge is 2.03. The molecule has 0 aliphatic rings. The van der Waals surface area contributed by atoms with Crippen LogP contribution in [0.5, 0.6) is 0 Å². The molecule has 1 rings (SSSR count). The summed E-state index contributed by atoms with van der Waals surface area (Å²) in [6.45, 7) is 4.24. The molecule has 0 aliphatic heterocycles. The van der Waals surface area contributed by atoms with E-state index in [2.05, 4.69) is 19.1 Å². The van der Waals surface area contributed by atoms with Gasteiger partial charge in [0.1, 0.15) is 0 Å². The molecule has 16 heavy (non-hydrogen) atoms. The monoisotopic (exact) mass is 236 g/mol. The Balaban J connectivity index is 2.50. The second kappa shape index (κ2) is 7.50. The van der Waals surface area contributed by atoms with Gasteiger partial charge in [-0.25, -0.2) is 0 Å². The van der Waals surface area contributed by atoms with Crippen LogP contribution in [-0.2, 0) is 0 Å². The lowest BCUT2D eigenvalue weighted by Gasteiger charge is -2.02. The van der Waals surface area contributed by atoms with Crippen molar-refractivity contribution < 1.29 is 4.79 Å². The van der Waals surface area contributed by atoms with Gasteiger partial charge in [0, 0.05) is 16.9 Å². The van der Waals surface area contributed by atoms with Crippen LogP contribution in [0.3, 0.4) is 0 Å². The van der Waals surface area contributed by atoms with E-state index in [1.807, 2.05) is 30.8 Å². The molecule has 0 spiro atoms. The second-order valence-corrected chi connectivity index (χ2v) is 5.07. The van der Waals surface area contributed by atoms with E-state index in [0.29, 0.717) is 6.42 Å². The summed E-state index contributed by atoms with van der Waals surface area (Å²) in [5.41, 5.74) is 0.849. The average Bonchev–Trinajstić information content (AvgIpc) is 2.30. The lowest BCUT2D eigenvalue weighted by molar-refractivity contribution is 0.0981. The van der Waals surface area contributed by atoms with Gasteiger partial charge >= 0.3 is 0 Å². The van der Waals surface area contributed by atoms with Crippen LogP contribution in [0.2, 0.25) is 0 Å². The number of unbranched alkanes of at least 4 members (excludes halogenated alkanes) is 1. The predicted molar refractivity (Wildman–Crippen MR) is 71.3 cm³/mol. The average molecular weight is 236 g/mol. The quantitative estimate of drug-likeness (QED) is 0.392. The van der Waals surface area contributed by atoms with Crippen molar-refractivity contribution in [2.75, 3.05) is 5.75 Å². The molecular formula is C14H20OS. The summed E-state index contributed by atoms with van der Waals surface area (Å²) in [4.78, 5) is 12.9. The van der Waals surface area contributed by atoms with Crippen molar-refractivity contribution in [2.24, 2.45) is 0 Å². The van der Waals surface area contributed by atoms with Crippen LogP contribution in [0, 0.1) is 0 Å². The third-order valence-electron chi connectivity index (χ3n) is 2.42. The van der Waals surface area contributed by atoms with Crippen molar-refractivity contribution >= 4 is 17.5 Å². The summed E-state index contributed by atoms with van der Waals surface area (Å²) in [6.07, 6.45) is 4.06. The lowest BCUT2D eigenvalue weighted by atomic mass is 10.1. The number of carbonyl (C=O) groups is 1. The molecule has 0 saturated heterocycles. The van der Waals surface area contributed by atoms with Crippen LogP contribution in [0.15, 0.2) is 29.2 Å². The van der Waals surface area contributed by atoms with Crippen molar-refractivity contribution in [3.05, 3.63) is 29.8 Å². The van der Waals surface area contributed by atoms with E-state index in [1.165, 1.54) is 23.5 Å². The molecule has 2 heteroatoms. The van der Waals surface area contributed by atoms with Crippen LogP contribution in [0.1, 0.15) is 49.9 Å². The van der Waals surface area contributed by atoms with Gasteiger partial charge in [0.25, 0.3) is 0 Å². The van der Waals surface area contributed by atoms with Crippen LogP contribution in [0.25, 0.3) is 0 Å². The molecule has 0 heterocycles. The largest absolute Gasteiger partial charge is 0.294 e. The van der Waals surface area contributed by atoms with E-state index >= 15 is 0 Å². The summed E-state index contributed by atoms with van der Waals surface area (Å²) >= 11 is 1.87. The fourth-order valence-electron chi connectivity index (χ4n) is 1.44. The number of thioether (sulfide) groups is 1. The highest BCUT2D eigenvalue weighted by molar-refractivity contribution is 7.99. The lowest BCUT2D eigenvalue weighted by Crippen LogP contribution is -1.97. The molecule has 0 bridgehead atoms. The second-order valence-electron chi connectivity index (χ2n) is 3.90. The number of carbonyl (C=O) groups excluding carboxylic acids is 1. The molecule has 0 radical (unpaired) electrons. The molecule has 0 aromatic heterocycles. The fraction of sp³-hybridized carbons (Fsp3) is 0.500. The highest BCUT2D eigenvalue weighted by atomic mass is 32.2. The third kappa shape index (κ3) is 4.40. The van der Waals surface area contributed by atoms with Gasteiger partial charge in [-0.15, -0.1) is 11.8 Å². The van der Waals surface area contributed by atoms with Gasteiger partial charge < -0.3 is 0 Å². The molecule has 1 nitrogen and oxygen atoms in total. The minimum Gasteiger partial charge on any atom is -0.294 e. The maximum Gasteiger partial charge on any atom is 0.162 e. The minimum atomic E-state index is 0.257. The Hall–Kier alpha value is -0.760. The van der Waals surface area contributed by atoms with E-state index in [0.717, 1.165) is 12.0 Å². The molecule has 0 fully saturated rings. The molecule has 88 valence electrons. The van der Waals surface area contributed by atoms with Gasteiger partial charge in [-0.3, -0.25) is 4.79 Å². The topological polar surface area (TPSA) is 17.1 Å². The van der Waals surface area contributed by atoms with Crippen LogP contribution < -0.4 is 0 Å². The molecule has 0 atom stereocenters. The highest BCUT2D eigenvalue weighted by Crippen LogP contribution is 2.20. The van der Waals surface area contributed by atoms with Gasteiger partial charge in [-0.2, -0.15) is 0 Å². The minimum absolute atomic E-state index is 0.257. The van der Waals surface area contributed by atoms with E-state index in [1.54, 1.807) is 0 Å². The number of rotatable bonds is 7. The molecule has 0 saturated carbocycles. The van der Waals surface area contributed by atoms with Crippen LogP contribution in [0.4, 0.5) is 0 Å². The van der Waals surface area contributed by atoms with E-state index in [-0.39, 0.29) is 5.78 Å². The Labute approximate surface area is 103 Å². The first-order valence-corrected chi connectivity index (χ1v) is 7.02. The summed E-state index contributed by atoms with van der Waals surface area (Å²) in [7, 11) is 0. The molecular weight excluding hydrogens is 216 g/mol. The molecule has 0 aliphatic carbocycles. The van der Waals surface area contributed by atoms with Gasteiger partial charge in [-0.05, 0) is 30.7 Å². The molecule has 0 N–H and O–H groups in total. The number of ketones is 1. The summed E-state index contributed by atoms with van der Waals surface area (Å²) < 4.78 is 0. The Morgan fingerprint density at radius 2 is 1.81 bits per heavy atom. The zero-order chi connectivity index (χ0) is 11.8. The zero-order valence-electron chi connectivity index (χ0n) is 10.2. The van der Waals surface area contributed by atoms with Crippen molar-refractivity contribution in [2.45, 2.75) is 44.4 Å². The predicted octanol–water partition coefficient (Wildman–Crippen LogP) is 4.56.